The molecule has 2 heterocycles. The smallest absolute Gasteiger partial charge is 0.357 e. The third-order valence-corrected chi connectivity index (χ3v) is 5.27. The van der Waals surface area contributed by atoms with Crippen LogP contribution in [0, 0.1) is 0 Å². The van der Waals surface area contributed by atoms with E-state index < -0.39 is 15.8 Å². The quantitative estimate of drug-likeness (QED) is 0.737. The standard InChI is InChI=1S/C9H11NO4S2/c1-14-9(11)7-4-15-8(10-7)6-2-3-16(12,13)5-6/h4,6H,2-3,5H2,1H3. The number of rotatable bonds is 2. The number of ether oxygens (including phenoxy) is 1. The van der Waals surface area contributed by atoms with Crippen molar-refractivity contribution in [3.8, 4) is 0 Å². The molecule has 0 radical (unpaired) electrons. The summed E-state index contributed by atoms with van der Waals surface area (Å²) in [5, 5.41) is 2.31. The molecule has 1 fully saturated rings. The Hall–Kier alpha value is -0.950. The van der Waals surface area contributed by atoms with Crippen LogP contribution < -0.4 is 0 Å². The van der Waals surface area contributed by atoms with Gasteiger partial charge in [-0.15, -0.1) is 11.3 Å². The van der Waals surface area contributed by atoms with Crippen molar-refractivity contribution in [1.29, 1.82) is 0 Å². The molecule has 88 valence electrons. The lowest BCUT2D eigenvalue weighted by Gasteiger charge is -2.00. The van der Waals surface area contributed by atoms with Crippen LogP contribution in [-0.2, 0) is 14.6 Å². The monoisotopic (exact) mass is 261 g/mol. The lowest BCUT2D eigenvalue weighted by Crippen LogP contribution is -2.05. The Morgan fingerprint density at radius 3 is 2.94 bits per heavy atom. The molecule has 5 nitrogen and oxygen atoms in total. The van der Waals surface area contributed by atoms with Gasteiger partial charge in [-0.2, -0.15) is 0 Å². The number of sulfone groups is 1. The van der Waals surface area contributed by atoms with Crippen molar-refractivity contribution in [2.45, 2.75) is 12.3 Å². The molecule has 7 heteroatoms. The van der Waals surface area contributed by atoms with E-state index in [1.807, 2.05) is 0 Å². The molecule has 0 N–H and O–H groups in total. The van der Waals surface area contributed by atoms with Gasteiger partial charge in [-0.1, -0.05) is 0 Å². The first kappa shape index (κ1) is 11.5. The van der Waals surface area contributed by atoms with Crippen molar-refractivity contribution in [2.75, 3.05) is 18.6 Å². The molecule has 16 heavy (non-hydrogen) atoms. The second-order valence-corrected chi connectivity index (χ2v) is 6.78. The Labute approximate surface area is 97.4 Å². The lowest BCUT2D eigenvalue weighted by molar-refractivity contribution is 0.0594. The zero-order valence-electron chi connectivity index (χ0n) is 8.67. The van der Waals surface area contributed by atoms with Crippen LogP contribution in [0.15, 0.2) is 5.38 Å². The lowest BCUT2D eigenvalue weighted by atomic mass is 10.1. The van der Waals surface area contributed by atoms with Gasteiger partial charge in [0.05, 0.1) is 23.6 Å². The molecule has 1 aliphatic heterocycles. The average molecular weight is 261 g/mol. The van der Waals surface area contributed by atoms with E-state index in [0.29, 0.717) is 11.4 Å². The minimum atomic E-state index is -2.91. The van der Waals surface area contributed by atoms with Crippen molar-refractivity contribution < 1.29 is 17.9 Å². The third-order valence-electron chi connectivity index (χ3n) is 2.50. The van der Waals surface area contributed by atoms with Crippen LogP contribution >= 0.6 is 11.3 Å². The van der Waals surface area contributed by atoms with Gasteiger partial charge in [0.2, 0.25) is 0 Å². The minimum absolute atomic E-state index is 0.0617. The molecule has 1 aromatic heterocycles. The highest BCUT2D eigenvalue weighted by atomic mass is 32.2. The molecule has 0 spiro atoms. The fourth-order valence-electron chi connectivity index (χ4n) is 1.66. The summed E-state index contributed by atoms with van der Waals surface area (Å²) in [5.41, 5.74) is 0.256. The van der Waals surface area contributed by atoms with Gasteiger partial charge in [-0.25, -0.2) is 18.2 Å². The highest BCUT2D eigenvalue weighted by Gasteiger charge is 2.31. The van der Waals surface area contributed by atoms with E-state index in [9.17, 15) is 13.2 Å². The summed E-state index contributed by atoms with van der Waals surface area (Å²) >= 11 is 1.31. The highest BCUT2D eigenvalue weighted by Crippen LogP contribution is 2.30. The van der Waals surface area contributed by atoms with Crippen LogP contribution in [0.5, 0.6) is 0 Å². The molecule has 1 atom stereocenters. The molecule has 0 bridgehead atoms. The summed E-state index contributed by atoms with van der Waals surface area (Å²) in [4.78, 5) is 15.3. The number of esters is 1. The third kappa shape index (κ3) is 2.25. The van der Waals surface area contributed by atoms with Crippen molar-refractivity contribution >= 4 is 27.1 Å². The fraction of sp³-hybridized carbons (Fsp3) is 0.556. The Kier molecular flexibility index (Phi) is 2.98. The van der Waals surface area contributed by atoms with Crippen molar-refractivity contribution in [1.82, 2.24) is 4.98 Å². The minimum Gasteiger partial charge on any atom is -0.464 e. The van der Waals surface area contributed by atoms with Gasteiger partial charge in [0.1, 0.15) is 0 Å². The normalized spacial score (nSPS) is 23.2. The van der Waals surface area contributed by atoms with E-state index in [1.54, 1.807) is 5.38 Å². The number of thiazole rings is 1. The second kappa shape index (κ2) is 4.14. The first-order chi connectivity index (χ1) is 7.52. The van der Waals surface area contributed by atoms with E-state index >= 15 is 0 Å². The van der Waals surface area contributed by atoms with Gasteiger partial charge in [0.15, 0.2) is 15.5 Å². The summed E-state index contributed by atoms with van der Waals surface area (Å²) in [6.07, 6.45) is 0.594. The molecule has 0 aliphatic carbocycles. The van der Waals surface area contributed by atoms with Crippen LogP contribution in [0.4, 0.5) is 0 Å². The molecule has 0 amide bonds. The molecule has 1 saturated heterocycles. The summed E-state index contributed by atoms with van der Waals surface area (Å²) in [5.74, 6) is -0.192. The summed E-state index contributed by atoms with van der Waals surface area (Å²) < 4.78 is 27.1. The Morgan fingerprint density at radius 2 is 2.38 bits per heavy atom. The average Bonchev–Trinajstić information content (AvgIpc) is 2.83. The Balaban J connectivity index is 2.17. The number of carbonyl (C=O) groups is 1. The number of hydrogen-bond acceptors (Lipinski definition) is 6. The van der Waals surface area contributed by atoms with Crippen LogP contribution in [0.1, 0.15) is 27.8 Å². The topological polar surface area (TPSA) is 73.3 Å². The number of carbonyl (C=O) groups excluding carboxylic acids is 1. The predicted molar refractivity (Wildman–Crippen MR) is 59.5 cm³/mol. The van der Waals surface area contributed by atoms with E-state index in [0.717, 1.165) is 0 Å². The zero-order valence-corrected chi connectivity index (χ0v) is 10.3. The van der Waals surface area contributed by atoms with E-state index in [1.165, 1.54) is 18.4 Å². The Morgan fingerprint density at radius 1 is 1.62 bits per heavy atom. The molecule has 1 unspecified atom stereocenters. The maximum absolute atomic E-state index is 11.3. The summed E-state index contributed by atoms with van der Waals surface area (Å²) in [6.45, 7) is 0. The molecule has 0 aromatic carbocycles. The van der Waals surface area contributed by atoms with Gasteiger partial charge in [0, 0.05) is 11.3 Å². The maximum atomic E-state index is 11.3. The first-order valence-electron chi connectivity index (χ1n) is 4.76. The van der Waals surface area contributed by atoms with Crippen LogP contribution in [0.3, 0.4) is 0 Å². The number of nitrogens with zero attached hydrogens (tertiary/aromatic N) is 1. The van der Waals surface area contributed by atoms with Crippen LogP contribution in [0.25, 0.3) is 0 Å². The molecular weight excluding hydrogens is 250 g/mol. The van der Waals surface area contributed by atoms with Crippen LogP contribution in [0.2, 0.25) is 0 Å². The van der Waals surface area contributed by atoms with E-state index in [-0.39, 0.29) is 23.1 Å². The summed E-state index contributed by atoms with van der Waals surface area (Å²) in [6, 6.07) is 0. The molecular formula is C9H11NO4S2. The molecule has 1 aromatic rings. The van der Waals surface area contributed by atoms with E-state index in [4.69, 9.17) is 0 Å². The SMILES string of the molecule is COC(=O)c1csc(C2CCS(=O)(=O)C2)n1. The zero-order chi connectivity index (χ0) is 11.8. The number of aromatic nitrogens is 1. The highest BCUT2D eigenvalue weighted by molar-refractivity contribution is 7.91. The van der Waals surface area contributed by atoms with Gasteiger partial charge < -0.3 is 4.74 Å². The van der Waals surface area contributed by atoms with Gasteiger partial charge in [0.25, 0.3) is 0 Å². The maximum Gasteiger partial charge on any atom is 0.357 e. The first-order valence-corrected chi connectivity index (χ1v) is 7.46. The molecule has 2 rings (SSSR count). The van der Waals surface area contributed by atoms with Gasteiger partial charge in [-0.05, 0) is 6.42 Å². The van der Waals surface area contributed by atoms with E-state index in [2.05, 4.69) is 9.72 Å². The summed E-state index contributed by atoms with van der Waals surface area (Å²) in [7, 11) is -1.62. The predicted octanol–water partition coefficient (Wildman–Crippen LogP) is 0.832. The molecule has 0 saturated carbocycles. The van der Waals surface area contributed by atoms with Crippen molar-refractivity contribution in [3.05, 3.63) is 16.1 Å². The molecule has 1 aliphatic rings. The van der Waals surface area contributed by atoms with Crippen molar-refractivity contribution in [2.24, 2.45) is 0 Å². The second-order valence-electron chi connectivity index (χ2n) is 3.66. The van der Waals surface area contributed by atoms with Crippen LogP contribution in [-0.4, -0.2) is 38.0 Å². The fourth-order valence-corrected chi connectivity index (χ4v) is 4.44. The number of methoxy groups -OCH3 is 1. The van der Waals surface area contributed by atoms with Gasteiger partial charge >= 0.3 is 5.97 Å². The van der Waals surface area contributed by atoms with Gasteiger partial charge in [-0.3, -0.25) is 0 Å². The largest absolute Gasteiger partial charge is 0.464 e. The number of hydrogen-bond donors (Lipinski definition) is 0. The Bertz CT molecular complexity index is 505. The van der Waals surface area contributed by atoms with Crippen molar-refractivity contribution in [3.63, 3.8) is 0 Å².